The normalized spacial score (nSPS) is 11.5. The molecule has 0 fully saturated rings. The van der Waals surface area contributed by atoms with E-state index in [2.05, 4.69) is 0 Å². The van der Waals surface area contributed by atoms with Gasteiger partial charge in [-0.05, 0) is 67.8 Å². The van der Waals surface area contributed by atoms with E-state index in [0.717, 1.165) is 27.4 Å². The fraction of sp³-hybridized carbons (Fsp3) is 0.136. The number of benzene rings is 3. The average molecular weight is 365 g/mol. The summed E-state index contributed by atoms with van der Waals surface area (Å²) in [4.78, 5) is 4.76. The van der Waals surface area contributed by atoms with Crippen LogP contribution in [0, 0.1) is 20.8 Å². The van der Waals surface area contributed by atoms with Crippen molar-refractivity contribution >= 4 is 28.8 Å². The lowest BCUT2D eigenvalue weighted by atomic mass is 10.1. The maximum absolute atomic E-state index is 10.9. The summed E-state index contributed by atoms with van der Waals surface area (Å²) in [5.41, 5.74) is 5.35. The lowest BCUT2D eigenvalue weighted by Gasteiger charge is -2.21. The van der Waals surface area contributed by atoms with Crippen molar-refractivity contribution in [1.82, 2.24) is 0 Å². The smallest absolute Gasteiger partial charge is 0.167 e. The van der Waals surface area contributed by atoms with Crippen LogP contribution >= 0.6 is 11.6 Å². The van der Waals surface area contributed by atoms with Gasteiger partial charge in [-0.15, -0.1) is 0 Å². The second kappa shape index (κ2) is 7.73. The van der Waals surface area contributed by atoms with Crippen LogP contribution in [0.15, 0.2) is 71.7 Å². The zero-order valence-corrected chi connectivity index (χ0v) is 15.8. The van der Waals surface area contributed by atoms with E-state index >= 15 is 0 Å². The zero-order valence-electron chi connectivity index (χ0n) is 15.1. The highest BCUT2D eigenvalue weighted by atomic mass is 35.5. The van der Waals surface area contributed by atoms with Crippen molar-refractivity contribution in [2.24, 2.45) is 4.99 Å². The first-order chi connectivity index (χ1) is 12.5. The first-order valence-corrected chi connectivity index (χ1v) is 8.80. The number of hydrogen-bond donors (Lipinski definition) is 1. The molecule has 132 valence electrons. The predicted octanol–water partition coefficient (Wildman–Crippen LogP) is 6.24. The Morgan fingerprint density at radius 2 is 1.65 bits per heavy atom. The van der Waals surface area contributed by atoms with Gasteiger partial charge >= 0.3 is 0 Å². The fourth-order valence-electron chi connectivity index (χ4n) is 2.72. The molecule has 0 aromatic heterocycles. The highest BCUT2D eigenvalue weighted by molar-refractivity contribution is 6.35. The Morgan fingerprint density at radius 1 is 0.923 bits per heavy atom. The minimum Gasteiger partial charge on any atom is -0.282 e. The summed E-state index contributed by atoms with van der Waals surface area (Å²) in [6, 6.07) is 20.9. The SMILES string of the molecule is Cc1cccc(N(O)C(=Nc2cccc(C)c2C)c2ccccc2Cl)c1. The molecular formula is C22H21ClN2O. The van der Waals surface area contributed by atoms with Gasteiger partial charge in [0.05, 0.1) is 16.4 Å². The molecule has 0 saturated carbocycles. The third-order valence-electron chi connectivity index (χ3n) is 4.36. The van der Waals surface area contributed by atoms with Crippen LogP contribution in [0.4, 0.5) is 11.4 Å². The molecule has 0 aliphatic rings. The van der Waals surface area contributed by atoms with E-state index in [9.17, 15) is 5.21 Å². The predicted molar refractivity (Wildman–Crippen MR) is 109 cm³/mol. The van der Waals surface area contributed by atoms with Gasteiger partial charge in [-0.2, -0.15) is 0 Å². The Hall–Kier alpha value is -2.62. The average Bonchev–Trinajstić information content (AvgIpc) is 2.63. The van der Waals surface area contributed by atoms with E-state index in [1.165, 1.54) is 0 Å². The molecule has 0 unspecified atom stereocenters. The molecule has 3 nitrogen and oxygen atoms in total. The van der Waals surface area contributed by atoms with Crippen molar-refractivity contribution in [1.29, 1.82) is 0 Å². The van der Waals surface area contributed by atoms with Crippen molar-refractivity contribution < 1.29 is 5.21 Å². The summed E-state index contributed by atoms with van der Waals surface area (Å²) in [6.07, 6.45) is 0. The van der Waals surface area contributed by atoms with Crippen LogP contribution in [0.3, 0.4) is 0 Å². The zero-order chi connectivity index (χ0) is 18.7. The molecule has 3 rings (SSSR count). The van der Waals surface area contributed by atoms with Gasteiger partial charge in [-0.1, -0.05) is 48.0 Å². The van der Waals surface area contributed by atoms with Crippen LogP contribution in [0.2, 0.25) is 5.02 Å². The molecule has 0 amide bonds. The van der Waals surface area contributed by atoms with Gasteiger partial charge in [-0.25, -0.2) is 10.1 Å². The molecule has 4 heteroatoms. The number of aryl methyl sites for hydroxylation is 2. The van der Waals surface area contributed by atoms with Crippen LogP contribution in [-0.2, 0) is 0 Å². The van der Waals surface area contributed by atoms with E-state index in [-0.39, 0.29) is 0 Å². The lowest BCUT2D eigenvalue weighted by Crippen LogP contribution is -2.28. The van der Waals surface area contributed by atoms with E-state index in [1.807, 2.05) is 81.4 Å². The van der Waals surface area contributed by atoms with Crippen LogP contribution in [-0.4, -0.2) is 11.0 Å². The van der Waals surface area contributed by atoms with Gasteiger partial charge < -0.3 is 0 Å². The molecule has 0 saturated heterocycles. The Balaban J connectivity index is 2.18. The second-order valence-electron chi connectivity index (χ2n) is 6.29. The summed E-state index contributed by atoms with van der Waals surface area (Å²) in [6.45, 7) is 6.04. The van der Waals surface area contributed by atoms with Crippen molar-refractivity contribution in [3.05, 3.63) is 94.0 Å². The Bertz CT molecular complexity index is 966. The van der Waals surface area contributed by atoms with Crippen molar-refractivity contribution in [3.63, 3.8) is 0 Å². The molecule has 26 heavy (non-hydrogen) atoms. The maximum atomic E-state index is 10.9. The van der Waals surface area contributed by atoms with Crippen LogP contribution in [0.25, 0.3) is 0 Å². The largest absolute Gasteiger partial charge is 0.282 e. The number of nitrogens with zero attached hydrogens (tertiary/aromatic N) is 2. The summed E-state index contributed by atoms with van der Waals surface area (Å²) in [5.74, 6) is 0.384. The number of halogens is 1. The van der Waals surface area contributed by atoms with E-state index < -0.39 is 0 Å². The molecular weight excluding hydrogens is 344 g/mol. The number of amidine groups is 1. The molecule has 3 aromatic carbocycles. The van der Waals surface area contributed by atoms with E-state index in [1.54, 1.807) is 6.07 Å². The number of hydrogen-bond acceptors (Lipinski definition) is 2. The van der Waals surface area contributed by atoms with E-state index in [4.69, 9.17) is 16.6 Å². The third kappa shape index (κ3) is 3.79. The minimum atomic E-state index is 0.384. The maximum Gasteiger partial charge on any atom is 0.167 e. The van der Waals surface area contributed by atoms with E-state index in [0.29, 0.717) is 22.1 Å². The topological polar surface area (TPSA) is 35.8 Å². The lowest BCUT2D eigenvalue weighted by molar-refractivity contribution is 0.312. The summed E-state index contributed by atoms with van der Waals surface area (Å²) < 4.78 is 0. The van der Waals surface area contributed by atoms with Crippen molar-refractivity contribution in [2.75, 3.05) is 5.06 Å². The fourth-order valence-corrected chi connectivity index (χ4v) is 2.94. The standard InChI is InChI=1S/C22H21ClN2O/c1-15-8-6-10-18(14-15)25(26)22(19-11-4-5-12-20(19)23)24-21-13-7-9-16(2)17(21)3/h4-14,26H,1-3H3. The molecule has 3 aromatic rings. The highest BCUT2D eigenvalue weighted by Crippen LogP contribution is 2.27. The number of rotatable bonds is 3. The quantitative estimate of drug-likeness (QED) is 0.339. The van der Waals surface area contributed by atoms with Gasteiger partial charge in [0.25, 0.3) is 0 Å². The molecule has 0 aliphatic heterocycles. The Kier molecular flexibility index (Phi) is 5.40. The Labute approximate surface area is 159 Å². The van der Waals surface area contributed by atoms with Crippen LogP contribution < -0.4 is 5.06 Å². The van der Waals surface area contributed by atoms with Gasteiger partial charge in [-0.3, -0.25) is 5.21 Å². The van der Waals surface area contributed by atoms with Gasteiger partial charge in [0, 0.05) is 5.56 Å². The Morgan fingerprint density at radius 3 is 2.38 bits per heavy atom. The molecule has 0 bridgehead atoms. The number of hydroxylamine groups is 1. The number of aliphatic imine (C=N–C) groups is 1. The van der Waals surface area contributed by atoms with Gasteiger partial charge in [0.2, 0.25) is 0 Å². The molecule has 0 spiro atoms. The molecule has 0 atom stereocenters. The second-order valence-corrected chi connectivity index (χ2v) is 6.69. The van der Waals surface area contributed by atoms with Gasteiger partial charge in [0.15, 0.2) is 5.84 Å². The number of anilines is 1. The molecule has 1 N–H and O–H groups in total. The first-order valence-electron chi connectivity index (χ1n) is 8.43. The summed E-state index contributed by atoms with van der Waals surface area (Å²) in [5, 5.41) is 12.6. The van der Waals surface area contributed by atoms with Gasteiger partial charge in [0.1, 0.15) is 0 Å². The van der Waals surface area contributed by atoms with Crippen LogP contribution in [0.1, 0.15) is 22.3 Å². The molecule has 0 aliphatic carbocycles. The summed E-state index contributed by atoms with van der Waals surface area (Å²) in [7, 11) is 0. The summed E-state index contributed by atoms with van der Waals surface area (Å²) >= 11 is 6.40. The first kappa shape index (κ1) is 18.2. The monoisotopic (exact) mass is 364 g/mol. The van der Waals surface area contributed by atoms with Crippen LogP contribution in [0.5, 0.6) is 0 Å². The minimum absolute atomic E-state index is 0.384. The third-order valence-corrected chi connectivity index (χ3v) is 4.69. The highest BCUT2D eigenvalue weighted by Gasteiger charge is 2.17. The van der Waals surface area contributed by atoms with Crippen molar-refractivity contribution in [2.45, 2.75) is 20.8 Å². The molecule has 0 heterocycles. The molecule has 0 radical (unpaired) electrons. The van der Waals surface area contributed by atoms with Crippen molar-refractivity contribution in [3.8, 4) is 0 Å².